The van der Waals surface area contributed by atoms with E-state index in [9.17, 15) is 13.6 Å². The number of nitrogens with zero attached hydrogens (tertiary/aromatic N) is 1. The third-order valence-corrected chi connectivity index (χ3v) is 2.14. The minimum absolute atomic E-state index is 0.00972. The van der Waals surface area contributed by atoms with Gasteiger partial charge in [-0.15, -0.1) is 0 Å². The summed E-state index contributed by atoms with van der Waals surface area (Å²) >= 11 is 2.84. The number of anilines is 1. The van der Waals surface area contributed by atoms with Gasteiger partial charge in [0, 0.05) is 4.47 Å². The zero-order chi connectivity index (χ0) is 10.9. The first-order valence-corrected chi connectivity index (χ1v) is 4.26. The number of carbonyl (C=O) groups is 1. The summed E-state index contributed by atoms with van der Waals surface area (Å²) in [5.74, 6) is -1.10. The Labute approximate surface area is 86.4 Å². The second-order valence-corrected chi connectivity index (χ2v) is 3.31. The molecule has 0 aromatic carbocycles. The number of pyridine rings is 1. The first kappa shape index (κ1) is 10.8. The summed E-state index contributed by atoms with van der Waals surface area (Å²) in [6.45, 7) is 0. The Hall–Kier alpha value is -1.24. The van der Waals surface area contributed by atoms with Crippen molar-refractivity contribution in [2.75, 3.05) is 5.73 Å². The average molecular weight is 266 g/mol. The number of alkyl halides is 2. The molecule has 0 aliphatic heterocycles. The van der Waals surface area contributed by atoms with Crippen molar-refractivity contribution < 1.29 is 13.6 Å². The van der Waals surface area contributed by atoms with Crippen LogP contribution in [0, 0.1) is 0 Å². The molecule has 0 radical (unpaired) electrons. The Morgan fingerprint density at radius 1 is 1.57 bits per heavy atom. The highest BCUT2D eigenvalue weighted by atomic mass is 79.9. The van der Waals surface area contributed by atoms with Crippen LogP contribution in [0.4, 0.5) is 14.6 Å². The van der Waals surface area contributed by atoms with E-state index in [-0.39, 0.29) is 15.9 Å². The van der Waals surface area contributed by atoms with Gasteiger partial charge in [0.05, 0.1) is 5.56 Å². The van der Waals surface area contributed by atoms with Crippen LogP contribution >= 0.6 is 15.9 Å². The first-order valence-electron chi connectivity index (χ1n) is 3.47. The van der Waals surface area contributed by atoms with E-state index in [0.29, 0.717) is 0 Å². The zero-order valence-electron chi connectivity index (χ0n) is 6.80. The predicted molar refractivity (Wildman–Crippen MR) is 49.8 cm³/mol. The molecule has 0 fully saturated rings. The van der Waals surface area contributed by atoms with E-state index in [4.69, 9.17) is 11.5 Å². The number of nitrogen functional groups attached to an aromatic ring is 1. The van der Waals surface area contributed by atoms with Crippen LogP contribution in [0.2, 0.25) is 0 Å². The van der Waals surface area contributed by atoms with E-state index >= 15 is 0 Å². The van der Waals surface area contributed by atoms with Gasteiger partial charge < -0.3 is 11.5 Å². The van der Waals surface area contributed by atoms with E-state index in [0.717, 1.165) is 6.07 Å². The lowest BCUT2D eigenvalue weighted by atomic mass is 10.2. The lowest BCUT2D eigenvalue weighted by molar-refractivity contribution is 0.1000. The fraction of sp³-hybridized carbons (Fsp3) is 0.143. The monoisotopic (exact) mass is 265 g/mol. The summed E-state index contributed by atoms with van der Waals surface area (Å²) in [5, 5.41) is 0. The van der Waals surface area contributed by atoms with Gasteiger partial charge in [0.2, 0.25) is 0 Å². The standard InChI is InChI=1S/C7H6BrF2N3O/c8-3-1-2(7(12)14)6(11)13-4(3)5(9)10/h1,5H,(H2,11,13)(H2,12,14). The SMILES string of the molecule is NC(=O)c1cc(Br)c(C(F)F)nc1N. The van der Waals surface area contributed by atoms with Crippen molar-refractivity contribution in [2.24, 2.45) is 5.73 Å². The molecule has 0 saturated heterocycles. The van der Waals surface area contributed by atoms with Crippen LogP contribution in [0.3, 0.4) is 0 Å². The molecule has 1 rings (SSSR count). The van der Waals surface area contributed by atoms with Crippen LogP contribution in [-0.4, -0.2) is 10.9 Å². The molecule has 14 heavy (non-hydrogen) atoms. The normalized spacial score (nSPS) is 10.6. The van der Waals surface area contributed by atoms with Crippen LogP contribution in [0.1, 0.15) is 22.5 Å². The minimum atomic E-state index is -2.76. The van der Waals surface area contributed by atoms with Crippen molar-refractivity contribution in [1.29, 1.82) is 0 Å². The largest absolute Gasteiger partial charge is 0.383 e. The topological polar surface area (TPSA) is 82.0 Å². The number of hydrogen-bond acceptors (Lipinski definition) is 3. The van der Waals surface area contributed by atoms with E-state index in [1.807, 2.05) is 0 Å². The molecule has 0 aliphatic rings. The number of halogens is 3. The van der Waals surface area contributed by atoms with Gasteiger partial charge in [-0.05, 0) is 22.0 Å². The Morgan fingerprint density at radius 3 is 2.57 bits per heavy atom. The molecule has 0 bridgehead atoms. The molecule has 1 aromatic rings. The lowest BCUT2D eigenvalue weighted by Crippen LogP contribution is -2.15. The van der Waals surface area contributed by atoms with E-state index in [1.165, 1.54) is 0 Å². The molecule has 0 saturated carbocycles. The number of amides is 1. The first-order chi connectivity index (χ1) is 6.43. The molecule has 1 aromatic heterocycles. The fourth-order valence-corrected chi connectivity index (χ4v) is 1.36. The van der Waals surface area contributed by atoms with Crippen molar-refractivity contribution in [2.45, 2.75) is 6.43 Å². The second kappa shape index (κ2) is 3.87. The number of rotatable bonds is 2. The summed E-state index contributed by atoms with van der Waals surface area (Å²) in [4.78, 5) is 14.1. The summed E-state index contributed by atoms with van der Waals surface area (Å²) in [7, 11) is 0. The van der Waals surface area contributed by atoms with E-state index in [1.54, 1.807) is 0 Å². The third-order valence-electron chi connectivity index (χ3n) is 1.50. The molecular formula is C7H6BrF2N3O. The van der Waals surface area contributed by atoms with Crippen LogP contribution < -0.4 is 11.5 Å². The fourth-order valence-electron chi connectivity index (χ4n) is 0.868. The average Bonchev–Trinajstić information content (AvgIpc) is 2.07. The molecule has 76 valence electrons. The highest BCUT2D eigenvalue weighted by molar-refractivity contribution is 9.10. The Kier molecular flexibility index (Phi) is 3.00. The molecule has 4 N–H and O–H groups in total. The highest BCUT2D eigenvalue weighted by Crippen LogP contribution is 2.28. The molecule has 4 nitrogen and oxygen atoms in total. The summed E-state index contributed by atoms with van der Waals surface area (Å²) in [5.41, 5.74) is 9.62. The van der Waals surface area contributed by atoms with Gasteiger partial charge in [0.25, 0.3) is 12.3 Å². The zero-order valence-corrected chi connectivity index (χ0v) is 8.38. The van der Waals surface area contributed by atoms with Crippen molar-refractivity contribution in [3.05, 3.63) is 21.8 Å². The number of primary amides is 1. The second-order valence-electron chi connectivity index (χ2n) is 2.45. The van der Waals surface area contributed by atoms with Gasteiger partial charge in [-0.25, -0.2) is 13.8 Å². The van der Waals surface area contributed by atoms with Gasteiger partial charge in [-0.2, -0.15) is 0 Å². The van der Waals surface area contributed by atoms with Gasteiger partial charge in [-0.1, -0.05) is 0 Å². The number of nitrogens with two attached hydrogens (primary N) is 2. The molecule has 0 aliphatic carbocycles. The Balaban J connectivity index is 3.31. The minimum Gasteiger partial charge on any atom is -0.383 e. The summed E-state index contributed by atoms with van der Waals surface area (Å²) in [6.07, 6.45) is -2.76. The van der Waals surface area contributed by atoms with Crippen molar-refractivity contribution in [1.82, 2.24) is 4.98 Å². The van der Waals surface area contributed by atoms with Crippen LogP contribution in [0.25, 0.3) is 0 Å². The van der Waals surface area contributed by atoms with E-state index < -0.39 is 18.0 Å². The number of hydrogen-bond donors (Lipinski definition) is 2. The smallest absolute Gasteiger partial charge is 0.281 e. The lowest BCUT2D eigenvalue weighted by Gasteiger charge is -2.06. The molecule has 7 heteroatoms. The molecule has 0 atom stereocenters. The summed E-state index contributed by atoms with van der Waals surface area (Å²) < 4.78 is 24.6. The Morgan fingerprint density at radius 2 is 2.14 bits per heavy atom. The summed E-state index contributed by atoms with van der Waals surface area (Å²) in [6, 6.07) is 1.13. The number of carbonyl (C=O) groups excluding carboxylic acids is 1. The maximum Gasteiger partial charge on any atom is 0.281 e. The molecule has 1 amide bonds. The van der Waals surface area contributed by atoms with Crippen LogP contribution in [-0.2, 0) is 0 Å². The maximum atomic E-state index is 12.3. The maximum absolute atomic E-state index is 12.3. The molecular weight excluding hydrogens is 260 g/mol. The third kappa shape index (κ3) is 1.98. The van der Waals surface area contributed by atoms with Crippen LogP contribution in [0.15, 0.2) is 10.5 Å². The van der Waals surface area contributed by atoms with Gasteiger partial charge in [0.1, 0.15) is 11.5 Å². The van der Waals surface area contributed by atoms with E-state index in [2.05, 4.69) is 20.9 Å². The van der Waals surface area contributed by atoms with Gasteiger partial charge >= 0.3 is 0 Å². The quantitative estimate of drug-likeness (QED) is 0.850. The van der Waals surface area contributed by atoms with Gasteiger partial charge in [-0.3, -0.25) is 4.79 Å². The molecule has 1 heterocycles. The molecule has 0 unspecified atom stereocenters. The van der Waals surface area contributed by atoms with Crippen molar-refractivity contribution in [3.8, 4) is 0 Å². The van der Waals surface area contributed by atoms with Crippen LogP contribution in [0.5, 0.6) is 0 Å². The predicted octanol–water partition coefficient (Wildman–Crippen LogP) is 1.46. The van der Waals surface area contributed by atoms with Gasteiger partial charge in [0.15, 0.2) is 0 Å². The van der Waals surface area contributed by atoms with Crippen molar-refractivity contribution in [3.63, 3.8) is 0 Å². The Bertz CT molecular complexity index is 383. The van der Waals surface area contributed by atoms with Crippen molar-refractivity contribution >= 4 is 27.7 Å². The highest BCUT2D eigenvalue weighted by Gasteiger charge is 2.18. The number of aromatic nitrogens is 1. The molecule has 0 spiro atoms.